The molecule has 2 unspecified atom stereocenters. The molecule has 0 radical (unpaired) electrons. The molecule has 1 amide bonds. The van der Waals surface area contributed by atoms with Crippen LogP contribution in [0.5, 0.6) is 0 Å². The van der Waals surface area contributed by atoms with E-state index < -0.39 is 0 Å². The lowest BCUT2D eigenvalue weighted by Crippen LogP contribution is -2.28. The summed E-state index contributed by atoms with van der Waals surface area (Å²) in [4.78, 5) is 19.7. The van der Waals surface area contributed by atoms with Crippen LogP contribution in [-0.2, 0) is 0 Å². The molecular weight excluding hydrogens is 499 g/mol. The maximum atomic E-state index is 12.7. The Morgan fingerprint density at radius 1 is 1.11 bits per heavy atom. The molecule has 1 aromatic heterocycles. The molecule has 0 spiro atoms. The van der Waals surface area contributed by atoms with Crippen LogP contribution in [-0.4, -0.2) is 35.6 Å². The first-order valence-electron chi connectivity index (χ1n) is 11.6. The molecule has 2 heterocycles. The summed E-state index contributed by atoms with van der Waals surface area (Å²) in [7, 11) is 3.51. The average Bonchev–Trinajstić information content (AvgIpc) is 3.41. The van der Waals surface area contributed by atoms with E-state index >= 15 is 0 Å². The van der Waals surface area contributed by atoms with E-state index in [1.807, 2.05) is 54.4 Å². The fourth-order valence-electron chi connectivity index (χ4n) is 4.84. The smallest absolute Gasteiger partial charge is 0.265 e. The van der Waals surface area contributed by atoms with Gasteiger partial charge < -0.3 is 4.90 Å². The Labute approximate surface area is 219 Å². The summed E-state index contributed by atoms with van der Waals surface area (Å²) in [6.07, 6.45) is 5.15. The summed E-state index contributed by atoms with van der Waals surface area (Å²) in [5.74, 6) is 0.110. The third kappa shape index (κ3) is 4.51. The zero-order chi connectivity index (χ0) is 24.7. The molecule has 2 atom stereocenters. The first-order chi connectivity index (χ1) is 16.8. The number of nitrogens with zero attached hydrogens (tertiary/aromatic N) is 4. The first kappa shape index (κ1) is 24.0. The molecule has 2 aromatic carbocycles. The number of carbonyl (C=O) groups is 1. The Morgan fingerprint density at radius 2 is 1.83 bits per heavy atom. The molecule has 0 N–H and O–H groups in total. The molecule has 8 heteroatoms. The minimum absolute atomic E-state index is 0.0517. The fraction of sp³-hybridized carbons (Fsp3) is 0.296. The van der Waals surface area contributed by atoms with E-state index in [1.54, 1.807) is 19.0 Å². The molecule has 0 saturated heterocycles. The van der Waals surface area contributed by atoms with Crippen LogP contribution in [0.25, 0.3) is 6.08 Å². The van der Waals surface area contributed by atoms with E-state index in [2.05, 4.69) is 12.1 Å². The van der Waals surface area contributed by atoms with Gasteiger partial charge in [-0.25, -0.2) is 9.99 Å². The van der Waals surface area contributed by atoms with Gasteiger partial charge in [0.1, 0.15) is 4.88 Å². The van der Waals surface area contributed by atoms with E-state index in [0.29, 0.717) is 20.7 Å². The van der Waals surface area contributed by atoms with Crippen LogP contribution in [0.2, 0.25) is 10.0 Å². The monoisotopic (exact) mass is 524 g/mol. The molecule has 2 aliphatic rings. The van der Waals surface area contributed by atoms with Crippen LogP contribution in [0.1, 0.15) is 51.8 Å². The summed E-state index contributed by atoms with van der Waals surface area (Å²) < 4.78 is 0. The van der Waals surface area contributed by atoms with Gasteiger partial charge in [0, 0.05) is 30.1 Å². The normalized spacial score (nSPS) is 20.7. The molecule has 0 bridgehead atoms. The van der Waals surface area contributed by atoms with E-state index in [-0.39, 0.29) is 17.9 Å². The average molecular weight is 526 g/mol. The van der Waals surface area contributed by atoms with Crippen molar-refractivity contribution in [3.8, 4) is 0 Å². The Kier molecular flexibility index (Phi) is 6.71. The molecule has 1 fully saturated rings. The lowest BCUT2D eigenvalue weighted by molar-refractivity contribution is 0.0831. The van der Waals surface area contributed by atoms with Gasteiger partial charge in [0.05, 0.1) is 17.4 Å². The number of carbonyl (C=O) groups excluding carboxylic acids is 1. The standard InChI is InChI=1S/C27H26Cl2N4OS/c1-16-25(26(34)32(2)3)35-27(30-16)33-24(19-11-5-7-14-22(19)29)20-12-8-10-18(23(20)31-33)15-17-9-4-6-13-21(17)28/h4-7,9,11,13-15,20,24H,8,10,12H2,1-3H3. The van der Waals surface area contributed by atoms with Gasteiger partial charge in [-0.3, -0.25) is 4.79 Å². The van der Waals surface area contributed by atoms with Crippen molar-refractivity contribution in [1.82, 2.24) is 9.88 Å². The number of hydrogen-bond acceptors (Lipinski definition) is 5. The minimum atomic E-state index is -0.0958. The second kappa shape index (κ2) is 9.76. The predicted octanol–water partition coefficient (Wildman–Crippen LogP) is 7.26. The third-order valence-corrected chi connectivity index (χ3v) is 8.37. The molecule has 3 aromatic rings. The van der Waals surface area contributed by atoms with Crippen molar-refractivity contribution in [3.05, 3.63) is 85.8 Å². The van der Waals surface area contributed by atoms with Crippen molar-refractivity contribution in [3.63, 3.8) is 0 Å². The fourth-order valence-corrected chi connectivity index (χ4v) is 6.36. The second-order valence-electron chi connectivity index (χ2n) is 9.10. The summed E-state index contributed by atoms with van der Waals surface area (Å²) in [6, 6.07) is 15.7. The summed E-state index contributed by atoms with van der Waals surface area (Å²) in [5, 5.41) is 9.27. The first-order valence-corrected chi connectivity index (χ1v) is 13.2. The van der Waals surface area contributed by atoms with Gasteiger partial charge >= 0.3 is 0 Å². The topological polar surface area (TPSA) is 48.8 Å². The summed E-state index contributed by atoms with van der Waals surface area (Å²) in [6.45, 7) is 1.88. The number of halogens is 2. The van der Waals surface area contributed by atoms with Gasteiger partial charge in [-0.2, -0.15) is 5.10 Å². The molecule has 5 nitrogen and oxygen atoms in total. The number of allylic oxidation sites excluding steroid dienone is 1. The summed E-state index contributed by atoms with van der Waals surface area (Å²) in [5.41, 5.74) is 4.96. The number of benzene rings is 2. The van der Waals surface area contributed by atoms with Crippen molar-refractivity contribution in [2.24, 2.45) is 11.0 Å². The van der Waals surface area contributed by atoms with Gasteiger partial charge in [0.2, 0.25) is 5.13 Å². The maximum Gasteiger partial charge on any atom is 0.265 e. The van der Waals surface area contributed by atoms with Gasteiger partial charge in [-0.05, 0) is 61.1 Å². The third-order valence-electron chi connectivity index (χ3n) is 6.54. The van der Waals surface area contributed by atoms with E-state index in [9.17, 15) is 4.79 Å². The van der Waals surface area contributed by atoms with Gasteiger partial charge in [-0.15, -0.1) is 0 Å². The maximum absolute atomic E-state index is 12.7. The number of fused-ring (bicyclic) bond motifs is 1. The molecule has 1 aliphatic heterocycles. The molecule has 5 rings (SSSR count). The number of rotatable bonds is 4. The second-order valence-corrected chi connectivity index (χ2v) is 10.9. The number of thiazole rings is 1. The molecule has 35 heavy (non-hydrogen) atoms. The number of aromatic nitrogens is 1. The zero-order valence-corrected chi connectivity index (χ0v) is 22.2. The van der Waals surface area contributed by atoms with Crippen LogP contribution in [0.3, 0.4) is 0 Å². The number of hydrazone groups is 1. The Bertz CT molecular complexity index is 1350. The predicted molar refractivity (Wildman–Crippen MR) is 146 cm³/mol. The minimum Gasteiger partial charge on any atom is -0.344 e. The Morgan fingerprint density at radius 3 is 2.54 bits per heavy atom. The van der Waals surface area contributed by atoms with Crippen molar-refractivity contribution >= 4 is 57.4 Å². The van der Waals surface area contributed by atoms with Crippen LogP contribution in [0.4, 0.5) is 5.13 Å². The van der Waals surface area contributed by atoms with Crippen molar-refractivity contribution in [2.75, 3.05) is 19.1 Å². The lowest BCUT2D eigenvalue weighted by atomic mass is 9.77. The van der Waals surface area contributed by atoms with E-state index in [1.165, 1.54) is 16.9 Å². The zero-order valence-electron chi connectivity index (χ0n) is 19.8. The van der Waals surface area contributed by atoms with Crippen molar-refractivity contribution < 1.29 is 4.79 Å². The van der Waals surface area contributed by atoms with Crippen molar-refractivity contribution in [2.45, 2.75) is 32.2 Å². The van der Waals surface area contributed by atoms with Gasteiger partial charge in [-0.1, -0.05) is 70.9 Å². The molecule has 1 saturated carbocycles. The summed E-state index contributed by atoms with van der Waals surface area (Å²) >= 11 is 14.6. The molecular formula is C27H26Cl2N4OS. The number of amides is 1. The Hall–Kier alpha value is -2.67. The van der Waals surface area contributed by atoms with Crippen LogP contribution in [0.15, 0.2) is 59.2 Å². The van der Waals surface area contributed by atoms with E-state index in [0.717, 1.165) is 41.1 Å². The number of hydrogen-bond donors (Lipinski definition) is 0. The van der Waals surface area contributed by atoms with E-state index in [4.69, 9.17) is 33.3 Å². The highest BCUT2D eigenvalue weighted by atomic mass is 35.5. The van der Waals surface area contributed by atoms with Gasteiger partial charge in [0.25, 0.3) is 5.91 Å². The van der Waals surface area contributed by atoms with Crippen LogP contribution in [0, 0.1) is 12.8 Å². The molecule has 180 valence electrons. The highest BCUT2D eigenvalue weighted by molar-refractivity contribution is 7.17. The largest absolute Gasteiger partial charge is 0.344 e. The van der Waals surface area contributed by atoms with Crippen molar-refractivity contribution in [1.29, 1.82) is 0 Å². The number of aryl methyl sites for hydroxylation is 1. The van der Waals surface area contributed by atoms with Crippen LogP contribution >= 0.6 is 34.5 Å². The molecule has 1 aliphatic carbocycles. The van der Waals surface area contributed by atoms with Gasteiger partial charge in [0.15, 0.2) is 0 Å². The lowest BCUT2D eigenvalue weighted by Gasteiger charge is -2.30. The van der Waals surface area contributed by atoms with Crippen LogP contribution < -0.4 is 5.01 Å². The highest BCUT2D eigenvalue weighted by Crippen LogP contribution is 2.48. The SMILES string of the molecule is Cc1nc(N2N=C3C(=Cc4ccccc4Cl)CCCC3C2c2ccccc2Cl)sc1C(=O)N(C)C. The highest BCUT2D eigenvalue weighted by Gasteiger charge is 2.44. The number of anilines is 1. The quantitative estimate of drug-likeness (QED) is 0.360. The Balaban J connectivity index is 1.63.